The van der Waals surface area contributed by atoms with Gasteiger partial charge in [-0.2, -0.15) is 0 Å². The fraction of sp³-hybridized carbons (Fsp3) is 0.786. The minimum Gasteiger partial charge on any atom is -0.378 e. The van der Waals surface area contributed by atoms with Crippen molar-refractivity contribution >= 4 is 22.4 Å². The number of nitrogens with zero attached hydrogens (tertiary/aromatic N) is 3. The molecule has 0 aromatic carbocycles. The number of aromatic nitrogens is 2. The Hall–Kier alpha value is -1.21. The summed E-state index contributed by atoms with van der Waals surface area (Å²) in [6.07, 6.45) is 0. The van der Waals surface area contributed by atoms with Crippen LogP contribution in [0.25, 0.3) is 0 Å². The summed E-state index contributed by atoms with van der Waals surface area (Å²) >= 11 is 1.52. The van der Waals surface area contributed by atoms with E-state index in [4.69, 9.17) is 4.74 Å². The van der Waals surface area contributed by atoms with Gasteiger partial charge in [0.2, 0.25) is 11.0 Å². The maximum absolute atomic E-state index is 12.6. The van der Waals surface area contributed by atoms with Crippen LogP contribution in [-0.4, -0.2) is 53.3 Å². The van der Waals surface area contributed by atoms with Gasteiger partial charge in [-0.1, -0.05) is 39.0 Å². The monoisotopic (exact) mass is 312 g/mol. The van der Waals surface area contributed by atoms with E-state index in [0.29, 0.717) is 32.2 Å². The van der Waals surface area contributed by atoms with Crippen molar-refractivity contribution in [2.75, 3.05) is 31.6 Å². The highest BCUT2D eigenvalue weighted by molar-refractivity contribution is 7.15. The van der Waals surface area contributed by atoms with Crippen molar-refractivity contribution in [3.8, 4) is 0 Å². The van der Waals surface area contributed by atoms with Crippen LogP contribution in [0.1, 0.15) is 38.6 Å². The minimum absolute atomic E-state index is 0.120. The number of ether oxygens (including phenoxy) is 1. The Morgan fingerprint density at radius 2 is 1.90 bits per heavy atom. The van der Waals surface area contributed by atoms with Crippen LogP contribution in [0.2, 0.25) is 0 Å². The molecule has 0 spiro atoms. The first-order chi connectivity index (χ1) is 9.99. The van der Waals surface area contributed by atoms with Gasteiger partial charge in [0.25, 0.3) is 0 Å². The van der Waals surface area contributed by atoms with Crippen LogP contribution in [0, 0.1) is 5.92 Å². The smallest absolute Gasteiger partial charge is 0.245 e. The molecule has 0 unspecified atom stereocenters. The third-order valence-electron chi connectivity index (χ3n) is 3.47. The molecule has 1 aromatic rings. The lowest BCUT2D eigenvalue weighted by Crippen LogP contribution is -2.49. The predicted molar refractivity (Wildman–Crippen MR) is 83.6 cm³/mol. The van der Waals surface area contributed by atoms with Crippen molar-refractivity contribution in [3.05, 3.63) is 5.01 Å². The normalized spacial score (nSPS) is 17.3. The molecule has 1 saturated heterocycles. The molecule has 2 heterocycles. The third-order valence-corrected chi connectivity index (χ3v) is 4.62. The van der Waals surface area contributed by atoms with Crippen LogP contribution in [-0.2, 0) is 9.53 Å². The summed E-state index contributed by atoms with van der Waals surface area (Å²) in [4.78, 5) is 14.5. The highest BCUT2D eigenvalue weighted by Crippen LogP contribution is 2.24. The lowest BCUT2D eigenvalue weighted by atomic mass is 10.0. The average Bonchev–Trinajstić information content (AvgIpc) is 2.93. The number of carbonyl (C=O) groups excluding carboxylic acids is 1. The van der Waals surface area contributed by atoms with E-state index in [9.17, 15) is 4.79 Å². The Kier molecular flexibility index (Phi) is 5.52. The molecule has 1 fully saturated rings. The summed E-state index contributed by atoms with van der Waals surface area (Å²) in [7, 11) is 0. The lowest BCUT2D eigenvalue weighted by Gasteiger charge is -2.32. The van der Waals surface area contributed by atoms with E-state index in [0.717, 1.165) is 10.1 Å². The van der Waals surface area contributed by atoms with Gasteiger partial charge in [-0.25, -0.2) is 0 Å². The topological polar surface area (TPSA) is 67.4 Å². The van der Waals surface area contributed by atoms with Crippen LogP contribution >= 0.6 is 11.3 Å². The lowest BCUT2D eigenvalue weighted by molar-refractivity contribution is -0.137. The number of morpholine rings is 1. The highest BCUT2D eigenvalue weighted by Gasteiger charge is 2.29. The van der Waals surface area contributed by atoms with Gasteiger partial charge in [-0.3, -0.25) is 4.79 Å². The molecule has 1 N–H and O–H groups in total. The second-order valence-electron chi connectivity index (χ2n) is 5.90. The summed E-state index contributed by atoms with van der Waals surface area (Å²) in [6, 6.07) is -0.268. The van der Waals surface area contributed by atoms with E-state index < -0.39 is 0 Å². The van der Waals surface area contributed by atoms with E-state index in [-0.39, 0.29) is 17.9 Å². The Morgan fingerprint density at radius 1 is 1.24 bits per heavy atom. The molecule has 1 atom stereocenters. The Morgan fingerprint density at radius 3 is 2.43 bits per heavy atom. The molecule has 1 aliphatic heterocycles. The summed E-state index contributed by atoms with van der Waals surface area (Å²) < 4.78 is 5.30. The fourth-order valence-electron chi connectivity index (χ4n) is 2.15. The fourth-order valence-corrected chi connectivity index (χ4v) is 2.94. The molecular formula is C14H24N4O2S. The van der Waals surface area contributed by atoms with Crippen LogP contribution in [0.4, 0.5) is 5.13 Å². The largest absolute Gasteiger partial charge is 0.378 e. The third kappa shape index (κ3) is 4.14. The zero-order valence-electron chi connectivity index (χ0n) is 13.1. The zero-order chi connectivity index (χ0) is 15.4. The van der Waals surface area contributed by atoms with E-state index >= 15 is 0 Å². The number of carbonyl (C=O) groups is 1. The Bertz CT molecular complexity index is 469. The van der Waals surface area contributed by atoms with Gasteiger partial charge in [-0.15, -0.1) is 10.2 Å². The van der Waals surface area contributed by atoms with Gasteiger partial charge in [0.15, 0.2) is 0 Å². The van der Waals surface area contributed by atoms with Crippen molar-refractivity contribution in [1.82, 2.24) is 15.1 Å². The van der Waals surface area contributed by atoms with Gasteiger partial charge < -0.3 is 15.0 Å². The summed E-state index contributed by atoms with van der Waals surface area (Å²) in [6.45, 7) is 10.8. The minimum atomic E-state index is -0.268. The highest BCUT2D eigenvalue weighted by atomic mass is 32.1. The van der Waals surface area contributed by atoms with Gasteiger partial charge >= 0.3 is 0 Å². The molecule has 6 nitrogen and oxygen atoms in total. The second kappa shape index (κ2) is 7.17. The first-order valence-electron chi connectivity index (χ1n) is 7.45. The number of hydrogen-bond acceptors (Lipinski definition) is 6. The van der Waals surface area contributed by atoms with Crippen LogP contribution in [0.3, 0.4) is 0 Å². The van der Waals surface area contributed by atoms with Gasteiger partial charge in [0, 0.05) is 19.0 Å². The molecule has 1 amide bonds. The Balaban J connectivity index is 2.05. The maximum Gasteiger partial charge on any atom is 0.245 e. The standard InChI is InChI=1S/C14H24N4O2S/c1-9(2)11(13(19)18-5-7-20-8-6-18)15-14-17-16-12(21-14)10(3)4/h9-11H,5-8H2,1-4H3,(H,15,17)/t11-/m0/s1. The number of amides is 1. The second-order valence-corrected chi connectivity index (χ2v) is 6.91. The molecule has 0 aliphatic carbocycles. The quantitative estimate of drug-likeness (QED) is 0.900. The molecule has 0 radical (unpaired) electrons. The van der Waals surface area contributed by atoms with Crippen molar-refractivity contribution < 1.29 is 9.53 Å². The summed E-state index contributed by atoms with van der Waals surface area (Å²) in [5.74, 6) is 0.659. The molecule has 1 aromatic heterocycles. The molecule has 1 aliphatic rings. The number of anilines is 1. The van der Waals surface area contributed by atoms with Crippen molar-refractivity contribution in [2.45, 2.75) is 39.7 Å². The molecule has 0 bridgehead atoms. The molecule has 21 heavy (non-hydrogen) atoms. The SMILES string of the molecule is CC(C)c1nnc(N[C@H](C(=O)N2CCOCC2)C(C)C)s1. The first-order valence-corrected chi connectivity index (χ1v) is 8.27. The van der Waals surface area contributed by atoms with E-state index in [1.54, 1.807) is 0 Å². The van der Waals surface area contributed by atoms with Crippen molar-refractivity contribution in [2.24, 2.45) is 5.92 Å². The average molecular weight is 312 g/mol. The number of hydrogen-bond donors (Lipinski definition) is 1. The maximum atomic E-state index is 12.6. The molecule has 7 heteroatoms. The first kappa shape index (κ1) is 16.2. The number of nitrogens with one attached hydrogen (secondary N) is 1. The van der Waals surface area contributed by atoms with Gasteiger partial charge in [-0.05, 0) is 5.92 Å². The van der Waals surface area contributed by atoms with E-state index in [1.165, 1.54) is 11.3 Å². The molecule has 2 rings (SSSR count). The van der Waals surface area contributed by atoms with Gasteiger partial charge in [0.1, 0.15) is 11.0 Å². The van der Waals surface area contributed by atoms with Crippen LogP contribution < -0.4 is 5.32 Å². The predicted octanol–water partition coefficient (Wildman–Crippen LogP) is 1.96. The molecule has 0 saturated carbocycles. The van der Waals surface area contributed by atoms with Crippen molar-refractivity contribution in [1.29, 1.82) is 0 Å². The number of rotatable bonds is 5. The van der Waals surface area contributed by atoms with E-state index in [1.807, 2.05) is 18.7 Å². The van der Waals surface area contributed by atoms with Crippen LogP contribution in [0.5, 0.6) is 0 Å². The van der Waals surface area contributed by atoms with Gasteiger partial charge in [0.05, 0.1) is 13.2 Å². The van der Waals surface area contributed by atoms with E-state index in [2.05, 4.69) is 29.4 Å². The zero-order valence-corrected chi connectivity index (χ0v) is 13.9. The molecular weight excluding hydrogens is 288 g/mol. The van der Waals surface area contributed by atoms with Crippen molar-refractivity contribution in [3.63, 3.8) is 0 Å². The molecule has 118 valence electrons. The summed E-state index contributed by atoms with van der Waals surface area (Å²) in [5, 5.41) is 13.3. The van der Waals surface area contributed by atoms with Crippen LogP contribution in [0.15, 0.2) is 0 Å². The Labute approximate surface area is 129 Å². The summed E-state index contributed by atoms with van der Waals surface area (Å²) in [5.41, 5.74) is 0.